The monoisotopic (exact) mass is 400 g/mol. The predicted octanol–water partition coefficient (Wildman–Crippen LogP) is 3.78. The van der Waals surface area contributed by atoms with Gasteiger partial charge in [-0.2, -0.15) is 14.9 Å². The van der Waals surface area contributed by atoms with E-state index >= 15 is 4.39 Å². The van der Waals surface area contributed by atoms with Crippen molar-refractivity contribution in [1.82, 2.24) is 24.9 Å². The van der Waals surface area contributed by atoms with Crippen molar-refractivity contribution in [2.45, 2.75) is 44.4 Å². The third kappa shape index (κ3) is 2.97. The minimum Gasteiger partial charge on any atom is -0.346 e. The number of fused-ring (bicyclic) bond motifs is 1. The van der Waals surface area contributed by atoms with Gasteiger partial charge in [0.25, 0.3) is 0 Å². The highest BCUT2D eigenvalue weighted by Crippen LogP contribution is 2.53. The van der Waals surface area contributed by atoms with Gasteiger partial charge >= 0.3 is 0 Å². The van der Waals surface area contributed by atoms with Crippen LogP contribution < -0.4 is 0 Å². The largest absolute Gasteiger partial charge is 0.346 e. The van der Waals surface area contributed by atoms with Crippen LogP contribution in [0.5, 0.6) is 0 Å². The molecular formula is C19H18ClFN6O. The Balaban J connectivity index is 1.23. The highest BCUT2D eigenvalue weighted by molar-refractivity contribution is 6.30. The SMILES string of the molecule is Cc1cnn2c1CN(Cc1nc(C3CC(F)(c4ccc(Cl)cc4)C3)no1)C=N2. The fourth-order valence-electron chi connectivity index (χ4n) is 3.74. The van der Waals surface area contributed by atoms with Crippen LogP contribution in [0.4, 0.5) is 4.39 Å². The normalized spacial score (nSPS) is 23.5. The molecule has 1 saturated carbocycles. The fraction of sp³-hybridized carbons (Fsp3) is 0.368. The second-order valence-electron chi connectivity index (χ2n) is 7.42. The molecule has 1 fully saturated rings. The Kier molecular flexibility index (Phi) is 3.97. The topological polar surface area (TPSA) is 72.3 Å². The second kappa shape index (κ2) is 6.41. The van der Waals surface area contributed by atoms with Crippen LogP contribution in [0.2, 0.25) is 5.02 Å². The number of hydrogen-bond acceptors (Lipinski definition) is 6. The second-order valence-corrected chi connectivity index (χ2v) is 7.86. The Morgan fingerprint density at radius 3 is 2.86 bits per heavy atom. The molecule has 1 aliphatic carbocycles. The molecule has 2 aliphatic rings. The van der Waals surface area contributed by atoms with E-state index in [-0.39, 0.29) is 5.92 Å². The van der Waals surface area contributed by atoms with E-state index in [1.807, 2.05) is 11.8 Å². The summed E-state index contributed by atoms with van der Waals surface area (Å²) in [5, 5.41) is 13.1. The first-order valence-corrected chi connectivity index (χ1v) is 9.47. The molecule has 1 aliphatic heterocycles. The van der Waals surface area contributed by atoms with Gasteiger partial charge < -0.3 is 9.42 Å². The Bertz CT molecular complexity index is 1040. The van der Waals surface area contributed by atoms with Crippen molar-refractivity contribution in [3.63, 3.8) is 0 Å². The van der Waals surface area contributed by atoms with Gasteiger partial charge in [0.05, 0.1) is 25.0 Å². The highest BCUT2D eigenvalue weighted by Gasteiger charge is 2.48. The summed E-state index contributed by atoms with van der Waals surface area (Å²) in [4.78, 5) is 8.08. The maximum absolute atomic E-state index is 15.1. The van der Waals surface area contributed by atoms with Crippen LogP contribution >= 0.6 is 11.6 Å². The average Bonchev–Trinajstić information content (AvgIpc) is 3.27. The Morgan fingerprint density at radius 2 is 2.07 bits per heavy atom. The van der Waals surface area contributed by atoms with Crippen molar-refractivity contribution in [3.05, 3.63) is 64.0 Å². The number of aryl methyl sites for hydroxylation is 1. The Morgan fingerprint density at radius 1 is 1.29 bits per heavy atom. The smallest absolute Gasteiger partial charge is 0.246 e. The molecule has 1 aromatic carbocycles. The minimum atomic E-state index is -1.36. The standard InChI is InChI=1S/C19H18ClFN6O/c1-12-8-22-27-16(12)9-26(11-23-27)10-17-24-18(25-28-17)13-6-19(21,7-13)14-2-4-15(20)5-3-14/h2-5,8,11,13H,6-7,9-10H2,1H3. The minimum absolute atomic E-state index is 0.0446. The molecule has 0 unspecified atom stereocenters. The van der Waals surface area contributed by atoms with E-state index in [1.165, 1.54) is 0 Å². The number of hydrogen-bond donors (Lipinski definition) is 0. The molecular weight excluding hydrogens is 383 g/mol. The van der Waals surface area contributed by atoms with E-state index < -0.39 is 5.67 Å². The summed E-state index contributed by atoms with van der Waals surface area (Å²) in [5.41, 5.74) is 1.41. The zero-order chi connectivity index (χ0) is 19.3. The lowest BCUT2D eigenvalue weighted by Crippen LogP contribution is -2.36. The van der Waals surface area contributed by atoms with Crippen molar-refractivity contribution in [1.29, 1.82) is 0 Å². The van der Waals surface area contributed by atoms with Gasteiger partial charge in [-0.25, -0.2) is 4.39 Å². The predicted molar refractivity (Wildman–Crippen MR) is 101 cm³/mol. The summed E-state index contributed by atoms with van der Waals surface area (Å²) in [5.74, 6) is 1.01. The van der Waals surface area contributed by atoms with Gasteiger partial charge in [0.2, 0.25) is 5.89 Å². The first-order chi connectivity index (χ1) is 13.5. The van der Waals surface area contributed by atoms with Crippen molar-refractivity contribution in [2.75, 3.05) is 0 Å². The lowest BCUT2D eigenvalue weighted by molar-refractivity contribution is 0.0336. The molecule has 28 heavy (non-hydrogen) atoms. The van der Waals surface area contributed by atoms with Crippen LogP contribution in [0.3, 0.4) is 0 Å². The molecule has 7 nitrogen and oxygen atoms in total. The number of halogens is 2. The van der Waals surface area contributed by atoms with Crippen LogP contribution in [0.25, 0.3) is 0 Å². The van der Waals surface area contributed by atoms with Crippen molar-refractivity contribution >= 4 is 17.9 Å². The van der Waals surface area contributed by atoms with E-state index in [0.717, 1.165) is 11.3 Å². The van der Waals surface area contributed by atoms with Gasteiger partial charge in [-0.05, 0) is 43.0 Å². The first kappa shape index (κ1) is 17.4. The van der Waals surface area contributed by atoms with Gasteiger partial charge in [-0.1, -0.05) is 28.9 Å². The van der Waals surface area contributed by atoms with E-state index in [2.05, 4.69) is 20.3 Å². The molecule has 2 aromatic heterocycles. The van der Waals surface area contributed by atoms with Crippen molar-refractivity contribution < 1.29 is 8.91 Å². The number of benzene rings is 1. The fourth-order valence-corrected chi connectivity index (χ4v) is 3.87. The van der Waals surface area contributed by atoms with Gasteiger partial charge in [0, 0.05) is 10.9 Å². The number of rotatable bonds is 4. The summed E-state index contributed by atoms with van der Waals surface area (Å²) in [6.45, 7) is 3.12. The molecule has 5 rings (SSSR count). The highest BCUT2D eigenvalue weighted by atomic mass is 35.5. The van der Waals surface area contributed by atoms with Crippen LogP contribution in [0, 0.1) is 6.92 Å². The molecule has 0 bridgehead atoms. The van der Waals surface area contributed by atoms with Gasteiger partial charge in [0.15, 0.2) is 5.82 Å². The van der Waals surface area contributed by atoms with E-state index in [9.17, 15) is 0 Å². The number of alkyl halides is 1. The lowest BCUT2D eigenvalue weighted by atomic mass is 9.68. The van der Waals surface area contributed by atoms with E-state index in [0.29, 0.717) is 48.2 Å². The molecule has 0 amide bonds. The van der Waals surface area contributed by atoms with E-state index in [1.54, 1.807) is 41.6 Å². The molecule has 0 saturated heterocycles. The van der Waals surface area contributed by atoms with Gasteiger partial charge in [-0.15, -0.1) is 5.10 Å². The van der Waals surface area contributed by atoms with Crippen LogP contribution in [0.1, 0.15) is 47.3 Å². The summed E-state index contributed by atoms with van der Waals surface area (Å²) < 4.78 is 20.5. The quantitative estimate of drug-likeness (QED) is 0.666. The van der Waals surface area contributed by atoms with E-state index in [4.69, 9.17) is 16.1 Å². The molecule has 0 spiro atoms. The summed E-state index contributed by atoms with van der Waals surface area (Å²) >= 11 is 5.89. The molecule has 0 atom stereocenters. The first-order valence-electron chi connectivity index (χ1n) is 9.10. The summed E-state index contributed by atoms with van der Waals surface area (Å²) in [6.07, 6.45) is 4.19. The maximum Gasteiger partial charge on any atom is 0.246 e. The Hall–Kier alpha value is -2.74. The van der Waals surface area contributed by atoms with Crippen molar-refractivity contribution in [2.24, 2.45) is 5.10 Å². The molecule has 3 aromatic rings. The number of nitrogens with zero attached hydrogens (tertiary/aromatic N) is 6. The molecule has 144 valence electrons. The van der Waals surface area contributed by atoms with Crippen molar-refractivity contribution in [3.8, 4) is 0 Å². The Labute approximate surface area is 165 Å². The zero-order valence-electron chi connectivity index (χ0n) is 15.2. The molecule has 3 heterocycles. The summed E-state index contributed by atoms with van der Waals surface area (Å²) in [6, 6.07) is 6.91. The zero-order valence-corrected chi connectivity index (χ0v) is 16.0. The maximum atomic E-state index is 15.1. The van der Waals surface area contributed by atoms with Crippen LogP contribution in [0.15, 0.2) is 40.1 Å². The third-order valence-electron chi connectivity index (χ3n) is 5.42. The van der Waals surface area contributed by atoms with Crippen LogP contribution in [-0.4, -0.2) is 31.3 Å². The van der Waals surface area contributed by atoms with Gasteiger partial charge in [0.1, 0.15) is 12.0 Å². The third-order valence-corrected chi connectivity index (χ3v) is 5.68. The molecule has 9 heteroatoms. The van der Waals surface area contributed by atoms with Gasteiger partial charge in [-0.3, -0.25) is 0 Å². The number of aromatic nitrogens is 4. The summed E-state index contributed by atoms with van der Waals surface area (Å²) in [7, 11) is 0. The average molecular weight is 401 g/mol. The van der Waals surface area contributed by atoms with Crippen LogP contribution in [-0.2, 0) is 18.8 Å². The lowest BCUT2D eigenvalue weighted by Gasteiger charge is -2.40. The molecule has 0 N–H and O–H groups in total. The molecule has 0 radical (unpaired) electrons.